The summed E-state index contributed by atoms with van der Waals surface area (Å²) in [6, 6.07) is 11.5. The number of amides is 1. The lowest BCUT2D eigenvalue weighted by atomic mass is 9.85. The van der Waals surface area contributed by atoms with Crippen LogP contribution in [0.1, 0.15) is 33.3 Å². The summed E-state index contributed by atoms with van der Waals surface area (Å²) in [7, 11) is -3.02. The Bertz CT molecular complexity index is 1400. The van der Waals surface area contributed by atoms with Crippen LogP contribution in [-0.4, -0.2) is 56.2 Å². The molecule has 13 heteroatoms. The number of ether oxygens (including phenoxy) is 1. The number of hydrogen-bond donors (Lipinski definition) is 3. The summed E-state index contributed by atoms with van der Waals surface area (Å²) in [6.45, 7) is 8.45. The lowest BCUT2D eigenvalue weighted by Crippen LogP contribution is -2.43. The molecule has 2 unspecified atom stereocenters. The number of aliphatic imine (C=N–C) groups is 1. The van der Waals surface area contributed by atoms with E-state index in [-0.39, 0.29) is 29.5 Å². The number of nitrogens with two attached hydrogens (primary N) is 1. The molecule has 0 aliphatic carbocycles. The largest absolute Gasteiger partial charge is 0.509 e. The summed E-state index contributed by atoms with van der Waals surface area (Å²) in [5.41, 5.74) is 1.06. The Morgan fingerprint density at radius 2 is 1.87 bits per heavy atom. The van der Waals surface area contributed by atoms with Crippen molar-refractivity contribution in [1.29, 1.82) is 0 Å². The number of carbonyl (C=O) groups excluding carboxylic acids is 1. The first-order valence-corrected chi connectivity index (χ1v) is 15.3. The molecule has 2 aliphatic heterocycles. The Morgan fingerprint density at radius 3 is 2.46 bits per heavy atom. The fourth-order valence-electron chi connectivity index (χ4n) is 4.29. The zero-order valence-corrected chi connectivity index (χ0v) is 24.4. The van der Waals surface area contributed by atoms with Gasteiger partial charge in [-0.05, 0) is 42.2 Å². The maximum absolute atomic E-state index is 13.9. The number of nitrogens with zero attached hydrogens (tertiary/aromatic N) is 2. The minimum atomic E-state index is -3.17. The first kappa shape index (κ1) is 30.5. The smallest absolute Gasteiger partial charge is 0.262 e. The molecule has 2 heterocycles. The molecule has 0 saturated heterocycles. The Labute approximate surface area is 229 Å². The minimum Gasteiger partial charge on any atom is -0.509 e. The Balaban J connectivity index is 0.000000771. The summed E-state index contributed by atoms with van der Waals surface area (Å²) < 4.78 is 43.8. The summed E-state index contributed by atoms with van der Waals surface area (Å²) in [5.74, 6) is -0.460. The van der Waals surface area contributed by atoms with Crippen LogP contribution in [0, 0.1) is 11.2 Å². The van der Waals surface area contributed by atoms with E-state index in [1.165, 1.54) is 13.2 Å². The molecule has 2 aromatic carbocycles. The van der Waals surface area contributed by atoms with Gasteiger partial charge < -0.3 is 24.4 Å². The number of rotatable bonds is 6. The molecule has 0 bridgehead atoms. The van der Waals surface area contributed by atoms with Crippen molar-refractivity contribution in [1.82, 2.24) is 9.99 Å². The number of nitrogens with one attached hydrogen (secondary N) is 1. The highest BCUT2D eigenvalue weighted by Crippen LogP contribution is 2.43. The molecule has 0 fully saturated rings. The summed E-state index contributed by atoms with van der Waals surface area (Å²) in [6.07, 6.45) is 0.938. The molecule has 10 nitrogen and oxygen atoms in total. The van der Waals surface area contributed by atoms with E-state index >= 15 is 0 Å². The van der Waals surface area contributed by atoms with Gasteiger partial charge in [-0.25, -0.2) is 22.9 Å². The van der Waals surface area contributed by atoms with Crippen molar-refractivity contribution in [2.45, 2.75) is 40.3 Å². The molecule has 0 spiro atoms. The number of aliphatic hydroxyl groups excluding tert-OH is 1. The fourth-order valence-corrected chi connectivity index (χ4v) is 5.78. The van der Waals surface area contributed by atoms with Crippen molar-refractivity contribution < 1.29 is 32.0 Å². The van der Waals surface area contributed by atoms with Crippen molar-refractivity contribution in [3.63, 3.8) is 0 Å². The second-order valence-corrected chi connectivity index (χ2v) is 13.2. The number of methoxy groups -OCH3 is 1. The second-order valence-electron chi connectivity index (χ2n) is 10.0. The average Bonchev–Trinajstić information content (AvgIpc) is 3.08. The molecule has 1 amide bonds. The van der Waals surface area contributed by atoms with Crippen LogP contribution < -0.4 is 20.3 Å². The van der Waals surface area contributed by atoms with Crippen LogP contribution in [-0.2, 0) is 25.9 Å². The standard InChI is InChI=1S/C25H29FN3O4P.CH5NO2S/c1-6-33-34-19-10-8-7-9-17(19)27-23(28-34)20-21(30)22(25(2,3)4)29(24(20)31)14-15-11-12-16(26)18(13-15)32-5;1-5(2,3)4/h7-13,22,30H,6,14H2,1-5H3,(H,27,28);1H3,(H2,2,3,4). The van der Waals surface area contributed by atoms with E-state index in [0.717, 1.165) is 11.6 Å². The fraction of sp³-hybridized carbons (Fsp3) is 0.385. The zero-order valence-electron chi connectivity index (χ0n) is 22.7. The Hall–Kier alpha value is -3.05. The second kappa shape index (κ2) is 12.0. The number of halogens is 1. The summed E-state index contributed by atoms with van der Waals surface area (Å²) >= 11 is 0. The van der Waals surface area contributed by atoms with Gasteiger partial charge in [0.25, 0.3) is 5.91 Å². The number of amidine groups is 1. The third-order valence-electron chi connectivity index (χ3n) is 5.73. The predicted octanol–water partition coefficient (Wildman–Crippen LogP) is 3.62. The number of fused-ring (bicyclic) bond motifs is 1. The first-order valence-electron chi connectivity index (χ1n) is 12.1. The highest BCUT2D eigenvalue weighted by molar-refractivity contribution is 7.88. The minimum absolute atomic E-state index is 0.0383. The highest BCUT2D eigenvalue weighted by atomic mass is 32.2. The Kier molecular flexibility index (Phi) is 9.38. The number of aliphatic hydroxyl groups is 1. The summed E-state index contributed by atoms with van der Waals surface area (Å²) in [5, 5.41) is 19.8. The number of sulfonamides is 1. The molecule has 2 aromatic rings. The molecular formula is C26H34FN4O6PS. The van der Waals surface area contributed by atoms with Gasteiger partial charge in [0.1, 0.15) is 17.2 Å². The van der Waals surface area contributed by atoms with Crippen molar-refractivity contribution >= 4 is 41.1 Å². The maximum Gasteiger partial charge on any atom is 0.262 e. The highest BCUT2D eigenvalue weighted by Gasteiger charge is 2.48. The van der Waals surface area contributed by atoms with Crippen LogP contribution in [0.2, 0.25) is 0 Å². The first-order chi connectivity index (χ1) is 18.2. The van der Waals surface area contributed by atoms with Gasteiger partial charge in [0.15, 0.2) is 19.9 Å². The molecule has 0 saturated carbocycles. The molecular weight excluding hydrogens is 546 g/mol. The number of primary sulfonamides is 1. The maximum atomic E-state index is 13.9. The van der Waals surface area contributed by atoms with Crippen molar-refractivity contribution in [3.05, 3.63) is 65.2 Å². The lowest BCUT2D eigenvalue weighted by Gasteiger charge is -2.35. The molecule has 2 atom stereocenters. The normalized spacial score (nSPS) is 19.1. The van der Waals surface area contributed by atoms with E-state index in [9.17, 15) is 22.7 Å². The topological polar surface area (TPSA) is 144 Å². The van der Waals surface area contributed by atoms with E-state index in [4.69, 9.17) is 9.26 Å². The predicted molar refractivity (Wildman–Crippen MR) is 150 cm³/mol. The van der Waals surface area contributed by atoms with Gasteiger partial charge in [-0.15, -0.1) is 0 Å². The van der Waals surface area contributed by atoms with Gasteiger partial charge >= 0.3 is 0 Å². The molecule has 4 N–H and O–H groups in total. The van der Waals surface area contributed by atoms with Crippen LogP contribution in [0.5, 0.6) is 5.75 Å². The Morgan fingerprint density at radius 1 is 1.23 bits per heavy atom. The number of para-hydroxylation sites is 1. The zero-order chi connectivity index (χ0) is 29.1. The van der Waals surface area contributed by atoms with Gasteiger partial charge in [0, 0.05) is 11.8 Å². The number of benzene rings is 2. The molecule has 0 radical (unpaired) electrons. The SMILES string of the molecule is CCOP1NC(C2=C(O)C(C(C)(C)C)N(Cc3ccc(F)c(OC)c3)C2=O)=Nc2ccccc21.CS(N)(=O)=O. The van der Waals surface area contributed by atoms with Gasteiger partial charge in [-0.1, -0.05) is 39.0 Å². The van der Waals surface area contributed by atoms with E-state index in [2.05, 4.69) is 15.2 Å². The van der Waals surface area contributed by atoms with E-state index < -0.39 is 35.6 Å². The van der Waals surface area contributed by atoms with Crippen LogP contribution >= 0.6 is 8.30 Å². The average molecular weight is 581 g/mol. The van der Waals surface area contributed by atoms with Crippen LogP contribution in [0.15, 0.2) is 58.8 Å². The molecule has 4 rings (SSSR count). The molecule has 39 heavy (non-hydrogen) atoms. The van der Waals surface area contributed by atoms with Crippen molar-refractivity contribution in [3.8, 4) is 5.75 Å². The third kappa shape index (κ3) is 7.33. The van der Waals surface area contributed by atoms with Gasteiger partial charge in [-0.2, -0.15) is 0 Å². The quantitative estimate of drug-likeness (QED) is 0.443. The van der Waals surface area contributed by atoms with Gasteiger partial charge in [-0.3, -0.25) is 4.79 Å². The van der Waals surface area contributed by atoms with Crippen molar-refractivity contribution in [2.24, 2.45) is 15.5 Å². The lowest BCUT2D eigenvalue weighted by molar-refractivity contribution is -0.129. The molecule has 212 valence electrons. The van der Waals surface area contributed by atoms with E-state index in [0.29, 0.717) is 23.7 Å². The molecule has 0 aromatic heterocycles. The van der Waals surface area contributed by atoms with Crippen LogP contribution in [0.25, 0.3) is 0 Å². The summed E-state index contributed by atoms with van der Waals surface area (Å²) in [4.78, 5) is 20.0. The molecule has 2 aliphatic rings. The van der Waals surface area contributed by atoms with Gasteiger partial charge in [0.2, 0.25) is 10.0 Å². The van der Waals surface area contributed by atoms with Crippen LogP contribution in [0.3, 0.4) is 0 Å². The van der Waals surface area contributed by atoms with Crippen molar-refractivity contribution in [2.75, 3.05) is 20.0 Å². The number of carbonyl (C=O) groups is 1. The third-order valence-corrected chi connectivity index (χ3v) is 7.47. The number of hydrogen-bond acceptors (Lipinski definition) is 8. The van der Waals surface area contributed by atoms with E-state index in [1.54, 1.807) is 17.0 Å². The van der Waals surface area contributed by atoms with E-state index in [1.807, 2.05) is 52.0 Å². The monoisotopic (exact) mass is 580 g/mol. The van der Waals surface area contributed by atoms with Gasteiger partial charge in [0.05, 0.1) is 31.7 Å². The van der Waals surface area contributed by atoms with Crippen LogP contribution in [0.4, 0.5) is 10.1 Å².